The molecule has 100 valence electrons. The monoisotopic (exact) mass is 248 g/mol. The van der Waals surface area contributed by atoms with Gasteiger partial charge in [0.15, 0.2) is 0 Å². The number of hydrogen-bond donors (Lipinski definition) is 1. The highest BCUT2D eigenvalue weighted by molar-refractivity contribution is 5.65. The summed E-state index contributed by atoms with van der Waals surface area (Å²) in [5.74, 6) is 1.53. The zero-order valence-corrected chi connectivity index (χ0v) is 11.9. The third-order valence-electron chi connectivity index (χ3n) is 2.69. The normalized spacial score (nSPS) is 11.9. The Morgan fingerprint density at radius 2 is 2.28 bits per heavy atom. The Labute approximate surface area is 110 Å². The number of nitrogens with zero attached hydrogens (tertiary/aromatic N) is 1. The number of methoxy groups -OCH3 is 1. The van der Waals surface area contributed by atoms with E-state index < -0.39 is 0 Å². The van der Waals surface area contributed by atoms with Gasteiger partial charge in [-0.25, -0.2) is 0 Å². The van der Waals surface area contributed by atoms with E-state index in [9.17, 15) is 0 Å². The molecule has 0 aliphatic carbocycles. The van der Waals surface area contributed by atoms with Crippen LogP contribution >= 0.6 is 0 Å². The van der Waals surface area contributed by atoms with Gasteiger partial charge in [-0.15, -0.1) is 0 Å². The van der Waals surface area contributed by atoms with Crippen molar-refractivity contribution in [3.05, 3.63) is 30.1 Å². The maximum Gasteiger partial charge on any atom is 0.144 e. The van der Waals surface area contributed by atoms with Crippen LogP contribution in [-0.4, -0.2) is 25.2 Å². The van der Waals surface area contributed by atoms with Crippen LogP contribution in [0.3, 0.4) is 0 Å². The molecular formula is C15H24N2O. The summed E-state index contributed by atoms with van der Waals surface area (Å²) >= 11 is 0. The maximum absolute atomic E-state index is 5.31. The molecule has 3 nitrogen and oxygen atoms in total. The second kappa shape index (κ2) is 7.88. The zero-order valence-electron chi connectivity index (χ0n) is 11.9. The van der Waals surface area contributed by atoms with Gasteiger partial charge in [0, 0.05) is 6.20 Å². The predicted molar refractivity (Wildman–Crippen MR) is 76.8 cm³/mol. The molecule has 0 bridgehead atoms. The molecule has 0 unspecified atom stereocenters. The van der Waals surface area contributed by atoms with Crippen LogP contribution in [0.2, 0.25) is 0 Å². The Bertz CT molecular complexity index is 386. The average molecular weight is 248 g/mol. The molecule has 3 heteroatoms. The largest absolute Gasteiger partial charge is 0.494 e. The summed E-state index contributed by atoms with van der Waals surface area (Å²) in [6, 6.07) is 3.83. The van der Waals surface area contributed by atoms with Crippen LogP contribution in [0.5, 0.6) is 5.75 Å². The van der Waals surface area contributed by atoms with E-state index in [1.54, 1.807) is 13.3 Å². The number of rotatable bonds is 7. The molecule has 0 amide bonds. The van der Waals surface area contributed by atoms with Crippen molar-refractivity contribution >= 4 is 5.57 Å². The molecular weight excluding hydrogens is 224 g/mol. The van der Waals surface area contributed by atoms with E-state index in [0.717, 1.165) is 31.0 Å². The molecule has 1 rings (SSSR count). The lowest BCUT2D eigenvalue weighted by molar-refractivity contribution is 0.411. The van der Waals surface area contributed by atoms with Gasteiger partial charge in [-0.3, -0.25) is 4.98 Å². The molecule has 0 aliphatic heterocycles. The summed E-state index contributed by atoms with van der Waals surface area (Å²) < 4.78 is 5.31. The van der Waals surface area contributed by atoms with Gasteiger partial charge in [0.1, 0.15) is 11.4 Å². The summed E-state index contributed by atoms with van der Waals surface area (Å²) in [6.45, 7) is 8.58. The van der Waals surface area contributed by atoms with E-state index in [0.29, 0.717) is 5.92 Å². The zero-order chi connectivity index (χ0) is 13.4. The first-order valence-electron chi connectivity index (χ1n) is 6.52. The van der Waals surface area contributed by atoms with Gasteiger partial charge in [-0.2, -0.15) is 0 Å². The fourth-order valence-electron chi connectivity index (χ4n) is 1.73. The second-order valence-corrected chi connectivity index (χ2v) is 4.83. The summed E-state index contributed by atoms with van der Waals surface area (Å²) in [5.41, 5.74) is 2.10. The van der Waals surface area contributed by atoms with Gasteiger partial charge in [-0.1, -0.05) is 19.9 Å². The first-order valence-corrected chi connectivity index (χ1v) is 6.52. The van der Waals surface area contributed by atoms with E-state index in [2.05, 4.69) is 37.1 Å². The van der Waals surface area contributed by atoms with Crippen LogP contribution in [-0.2, 0) is 0 Å². The second-order valence-electron chi connectivity index (χ2n) is 4.83. The van der Waals surface area contributed by atoms with Gasteiger partial charge >= 0.3 is 0 Å². The molecule has 1 aromatic rings. The van der Waals surface area contributed by atoms with Gasteiger partial charge < -0.3 is 10.1 Å². The molecule has 0 radical (unpaired) electrons. The molecule has 0 aliphatic rings. The number of ether oxygens (including phenoxy) is 1. The molecule has 0 aromatic carbocycles. The molecule has 0 fully saturated rings. The average Bonchev–Trinajstić information content (AvgIpc) is 2.37. The number of aromatic nitrogens is 1. The van der Waals surface area contributed by atoms with Crippen LogP contribution < -0.4 is 10.1 Å². The highest BCUT2D eigenvalue weighted by atomic mass is 16.5. The molecule has 0 saturated heterocycles. The standard InChI is InChI=1S/C15H24N2O/c1-12(2)11-16-9-5-7-13(3)15-14(18-4)8-6-10-17-15/h6-8,10,12,16H,5,9,11H2,1-4H3/b13-7+. The highest BCUT2D eigenvalue weighted by Gasteiger charge is 2.04. The summed E-state index contributed by atoms with van der Waals surface area (Å²) in [4.78, 5) is 4.36. The number of hydrogen-bond acceptors (Lipinski definition) is 3. The lowest BCUT2D eigenvalue weighted by Gasteiger charge is -2.08. The van der Waals surface area contributed by atoms with Crippen molar-refractivity contribution in [1.29, 1.82) is 0 Å². The Morgan fingerprint density at radius 1 is 1.50 bits per heavy atom. The quantitative estimate of drug-likeness (QED) is 0.753. The Balaban J connectivity index is 2.50. The minimum Gasteiger partial charge on any atom is -0.494 e. The van der Waals surface area contributed by atoms with E-state index in [-0.39, 0.29) is 0 Å². The number of nitrogens with one attached hydrogen (secondary N) is 1. The first-order chi connectivity index (χ1) is 8.65. The molecule has 1 heterocycles. The predicted octanol–water partition coefficient (Wildman–Crippen LogP) is 3.13. The molecule has 1 N–H and O–H groups in total. The van der Waals surface area contributed by atoms with E-state index >= 15 is 0 Å². The number of pyridine rings is 1. The highest BCUT2D eigenvalue weighted by Crippen LogP contribution is 2.22. The van der Waals surface area contributed by atoms with Crippen molar-refractivity contribution in [3.63, 3.8) is 0 Å². The molecule has 18 heavy (non-hydrogen) atoms. The topological polar surface area (TPSA) is 34.1 Å². The molecule has 1 aromatic heterocycles. The summed E-state index contributed by atoms with van der Waals surface area (Å²) in [7, 11) is 1.68. The van der Waals surface area contributed by atoms with Gasteiger partial charge in [0.25, 0.3) is 0 Å². The minimum atomic E-state index is 0.700. The smallest absolute Gasteiger partial charge is 0.144 e. The summed E-state index contributed by atoms with van der Waals surface area (Å²) in [5, 5.41) is 3.42. The molecule has 0 atom stereocenters. The fraction of sp³-hybridized carbons (Fsp3) is 0.533. The number of allylic oxidation sites excluding steroid dienone is 1. The van der Waals surface area contributed by atoms with Crippen LogP contribution in [0.4, 0.5) is 0 Å². The van der Waals surface area contributed by atoms with Gasteiger partial charge in [0.05, 0.1) is 7.11 Å². The van der Waals surface area contributed by atoms with E-state index in [1.165, 1.54) is 5.57 Å². The van der Waals surface area contributed by atoms with Crippen molar-refractivity contribution in [2.75, 3.05) is 20.2 Å². The fourth-order valence-corrected chi connectivity index (χ4v) is 1.73. The van der Waals surface area contributed by atoms with Crippen molar-refractivity contribution < 1.29 is 4.74 Å². The van der Waals surface area contributed by atoms with Crippen LogP contribution in [0.25, 0.3) is 5.57 Å². The van der Waals surface area contributed by atoms with E-state index in [1.807, 2.05) is 12.1 Å². The van der Waals surface area contributed by atoms with Crippen molar-refractivity contribution in [2.24, 2.45) is 5.92 Å². The van der Waals surface area contributed by atoms with Crippen molar-refractivity contribution in [3.8, 4) is 5.75 Å². The van der Waals surface area contributed by atoms with Crippen LogP contribution in [0, 0.1) is 5.92 Å². The third kappa shape index (κ3) is 4.88. The van der Waals surface area contributed by atoms with Crippen molar-refractivity contribution in [1.82, 2.24) is 10.3 Å². The third-order valence-corrected chi connectivity index (χ3v) is 2.69. The first kappa shape index (κ1) is 14.7. The van der Waals surface area contributed by atoms with Crippen LogP contribution in [0.1, 0.15) is 32.9 Å². The maximum atomic E-state index is 5.31. The lowest BCUT2D eigenvalue weighted by Crippen LogP contribution is -2.20. The van der Waals surface area contributed by atoms with Gasteiger partial charge in [0.2, 0.25) is 0 Å². The Hall–Kier alpha value is -1.35. The summed E-state index contributed by atoms with van der Waals surface area (Å²) in [6.07, 6.45) is 5.02. The SMILES string of the molecule is COc1cccnc1/C(C)=C/CCNCC(C)C. The van der Waals surface area contributed by atoms with Crippen LogP contribution in [0.15, 0.2) is 24.4 Å². The van der Waals surface area contributed by atoms with Gasteiger partial charge in [-0.05, 0) is 50.1 Å². The lowest BCUT2D eigenvalue weighted by atomic mass is 10.1. The molecule has 0 spiro atoms. The molecule has 0 saturated carbocycles. The Kier molecular flexibility index (Phi) is 6.44. The Morgan fingerprint density at radius 3 is 2.94 bits per heavy atom. The van der Waals surface area contributed by atoms with E-state index in [4.69, 9.17) is 4.74 Å². The minimum absolute atomic E-state index is 0.700. The van der Waals surface area contributed by atoms with Crippen molar-refractivity contribution in [2.45, 2.75) is 27.2 Å².